The molecule has 2 N–H and O–H groups in total. The Morgan fingerprint density at radius 3 is 2.48 bits per heavy atom. The maximum absolute atomic E-state index is 14.6. The number of H-pyrrole nitrogens is 1. The van der Waals surface area contributed by atoms with Crippen molar-refractivity contribution in [3.8, 4) is 33.6 Å². The van der Waals surface area contributed by atoms with Crippen LogP contribution in [0.25, 0.3) is 33.6 Å². The molecule has 0 saturated carbocycles. The van der Waals surface area contributed by atoms with E-state index in [1.807, 2.05) is 25.1 Å². The highest BCUT2D eigenvalue weighted by Gasteiger charge is 2.18. The number of aromatic amines is 1. The normalized spacial score (nSPS) is 11.6. The van der Waals surface area contributed by atoms with Crippen molar-refractivity contribution in [2.45, 2.75) is 26.4 Å². The minimum absolute atomic E-state index is 0.342. The molecule has 4 aromatic rings. The Hall–Kier alpha value is -3.38. The van der Waals surface area contributed by atoms with Crippen LogP contribution in [-0.4, -0.2) is 25.3 Å². The molecule has 6 heteroatoms. The molecule has 146 valence electrons. The number of halogens is 1. The summed E-state index contributed by atoms with van der Waals surface area (Å²) in [4.78, 5) is 8.83. The van der Waals surface area contributed by atoms with E-state index in [0.29, 0.717) is 22.5 Å². The second-order valence-corrected chi connectivity index (χ2v) is 7.50. The first-order valence-corrected chi connectivity index (χ1v) is 9.30. The fourth-order valence-corrected chi connectivity index (χ4v) is 3.21. The van der Waals surface area contributed by atoms with Crippen LogP contribution in [0.4, 0.5) is 4.39 Å². The number of pyridine rings is 2. The lowest BCUT2D eigenvalue weighted by molar-refractivity contribution is 0.0739. The minimum atomic E-state index is -1.05. The molecule has 0 saturated heterocycles. The van der Waals surface area contributed by atoms with Crippen LogP contribution in [0.5, 0.6) is 0 Å². The second-order valence-electron chi connectivity index (χ2n) is 7.50. The highest BCUT2D eigenvalue weighted by molar-refractivity contribution is 5.81. The molecule has 0 amide bonds. The van der Waals surface area contributed by atoms with Crippen molar-refractivity contribution in [1.29, 1.82) is 0 Å². The molecular formula is C23H21FN4O. The number of benzene rings is 1. The SMILES string of the molecule is Cc1cccc(-c2n[nH]cc2-c2ccc(F)c(-c3ccc(C(C)(C)O)nc3)c2)n1. The van der Waals surface area contributed by atoms with Gasteiger partial charge in [0.05, 0.1) is 11.4 Å². The van der Waals surface area contributed by atoms with Gasteiger partial charge in [-0.3, -0.25) is 15.1 Å². The van der Waals surface area contributed by atoms with Gasteiger partial charge in [0.2, 0.25) is 0 Å². The molecule has 0 fully saturated rings. The van der Waals surface area contributed by atoms with E-state index in [0.717, 1.165) is 22.5 Å². The van der Waals surface area contributed by atoms with Crippen LogP contribution in [-0.2, 0) is 5.60 Å². The average Bonchev–Trinajstić information content (AvgIpc) is 3.18. The number of aromatic nitrogens is 4. The van der Waals surface area contributed by atoms with E-state index < -0.39 is 5.60 Å². The van der Waals surface area contributed by atoms with Crippen LogP contribution in [0.3, 0.4) is 0 Å². The van der Waals surface area contributed by atoms with Crippen molar-refractivity contribution in [1.82, 2.24) is 20.2 Å². The van der Waals surface area contributed by atoms with E-state index in [9.17, 15) is 9.50 Å². The maximum atomic E-state index is 14.6. The fourth-order valence-electron chi connectivity index (χ4n) is 3.21. The van der Waals surface area contributed by atoms with Gasteiger partial charge in [-0.2, -0.15) is 5.10 Å². The van der Waals surface area contributed by atoms with Crippen LogP contribution >= 0.6 is 0 Å². The molecule has 0 unspecified atom stereocenters. The number of aliphatic hydroxyl groups is 1. The second kappa shape index (κ2) is 7.22. The summed E-state index contributed by atoms with van der Waals surface area (Å²) in [5.41, 5.74) is 4.56. The maximum Gasteiger partial charge on any atom is 0.131 e. The summed E-state index contributed by atoms with van der Waals surface area (Å²) in [6.07, 6.45) is 3.36. The Kier molecular flexibility index (Phi) is 4.72. The topological polar surface area (TPSA) is 74.7 Å². The quantitative estimate of drug-likeness (QED) is 0.523. The largest absolute Gasteiger partial charge is 0.384 e. The highest BCUT2D eigenvalue weighted by Crippen LogP contribution is 2.33. The zero-order valence-electron chi connectivity index (χ0n) is 16.4. The molecule has 0 radical (unpaired) electrons. The molecule has 0 aliphatic rings. The van der Waals surface area contributed by atoms with Crippen LogP contribution in [0, 0.1) is 12.7 Å². The molecule has 3 heterocycles. The van der Waals surface area contributed by atoms with Gasteiger partial charge >= 0.3 is 0 Å². The predicted octanol–water partition coefficient (Wildman–Crippen LogP) is 4.88. The molecule has 0 atom stereocenters. The summed E-state index contributed by atoms with van der Waals surface area (Å²) < 4.78 is 14.6. The van der Waals surface area contributed by atoms with Gasteiger partial charge in [-0.15, -0.1) is 0 Å². The smallest absolute Gasteiger partial charge is 0.131 e. The lowest BCUT2D eigenvalue weighted by Gasteiger charge is -2.16. The third-order valence-corrected chi connectivity index (χ3v) is 4.75. The first-order chi connectivity index (χ1) is 13.8. The van der Waals surface area contributed by atoms with Gasteiger partial charge in [0.1, 0.15) is 17.1 Å². The minimum Gasteiger partial charge on any atom is -0.384 e. The zero-order chi connectivity index (χ0) is 20.6. The van der Waals surface area contributed by atoms with Crippen molar-refractivity contribution in [2.75, 3.05) is 0 Å². The van der Waals surface area contributed by atoms with Gasteiger partial charge < -0.3 is 5.11 Å². The summed E-state index contributed by atoms with van der Waals surface area (Å²) in [6, 6.07) is 14.2. The lowest BCUT2D eigenvalue weighted by Crippen LogP contribution is -2.17. The monoisotopic (exact) mass is 388 g/mol. The Morgan fingerprint density at radius 1 is 1.00 bits per heavy atom. The predicted molar refractivity (Wildman–Crippen MR) is 110 cm³/mol. The molecular weight excluding hydrogens is 367 g/mol. The molecule has 4 rings (SSSR count). The van der Waals surface area contributed by atoms with E-state index in [2.05, 4.69) is 20.2 Å². The Bertz CT molecular complexity index is 1160. The summed E-state index contributed by atoms with van der Waals surface area (Å²) in [7, 11) is 0. The molecule has 0 aliphatic heterocycles. The van der Waals surface area contributed by atoms with Gasteiger partial charge in [-0.25, -0.2) is 4.39 Å². The molecule has 0 bridgehead atoms. The number of nitrogens with one attached hydrogen (secondary N) is 1. The lowest BCUT2D eigenvalue weighted by atomic mass is 9.97. The molecule has 1 aromatic carbocycles. The van der Waals surface area contributed by atoms with Gasteiger partial charge in [0, 0.05) is 34.8 Å². The third kappa shape index (κ3) is 3.79. The number of aryl methyl sites for hydroxylation is 1. The molecule has 0 spiro atoms. The van der Waals surface area contributed by atoms with Crippen molar-refractivity contribution in [2.24, 2.45) is 0 Å². The van der Waals surface area contributed by atoms with E-state index in [1.54, 1.807) is 50.5 Å². The van der Waals surface area contributed by atoms with Crippen LogP contribution in [0.15, 0.2) is 60.9 Å². The number of rotatable bonds is 4. The van der Waals surface area contributed by atoms with Crippen LogP contribution < -0.4 is 0 Å². The Balaban J connectivity index is 1.77. The van der Waals surface area contributed by atoms with E-state index in [4.69, 9.17) is 0 Å². The van der Waals surface area contributed by atoms with Crippen LogP contribution in [0.1, 0.15) is 25.2 Å². The average molecular weight is 388 g/mol. The summed E-state index contributed by atoms with van der Waals surface area (Å²) in [5, 5.41) is 17.3. The standard InChI is InChI=1S/C23H21FN4O/c1-14-5-4-6-20(27-14)22-18(13-26-28-22)15-7-9-19(24)17(11-15)16-8-10-21(25-12-16)23(2,3)29/h4-13,29H,1-3H3,(H,26,28). The fraction of sp³-hybridized carbons (Fsp3) is 0.174. The summed E-state index contributed by atoms with van der Waals surface area (Å²) >= 11 is 0. The van der Waals surface area contributed by atoms with Gasteiger partial charge in [-0.1, -0.05) is 18.2 Å². The summed E-state index contributed by atoms with van der Waals surface area (Å²) in [5.74, 6) is -0.342. The first-order valence-electron chi connectivity index (χ1n) is 9.30. The van der Waals surface area contributed by atoms with Crippen molar-refractivity contribution < 1.29 is 9.50 Å². The van der Waals surface area contributed by atoms with Gasteiger partial charge in [0.15, 0.2) is 0 Å². The summed E-state index contributed by atoms with van der Waals surface area (Å²) in [6.45, 7) is 5.25. The number of hydrogen-bond donors (Lipinski definition) is 2. The Morgan fingerprint density at radius 2 is 1.79 bits per heavy atom. The molecule has 5 nitrogen and oxygen atoms in total. The molecule has 3 aromatic heterocycles. The Labute approximate surface area is 168 Å². The molecule has 29 heavy (non-hydrogen) atoms. The van der Waals surface area contributed by atoms with Crippen molar-refractivity contribution in [3.05, 3.63) is 78.1 Å². The van der Waals surface area contributed by atoms with E-state index in [-0.39, 0.29) is 5.82 Å². The first kappa shape index (κ1) is 19.0. The number of nitrogens with zero attached hydrogens (tertiary/aromatic N) is 3. The van der Waals surface area contributed by atoms with Crippen molar-refractivity contribution >= 4 is 0 Å². The van der Waals surface area contributed by atoms with Crippen LogP contribution in [0.2, 0.25) is 0 Å². The molecule has 0 aliphatic carbocycles. The number of hydrogen-bond acceptors (Lipinski definition) is 4. The third-order valence-electron chi connectivity index (χ3n) is 4.75. The zero-order valence-corrected chi connectivity index (χ0v) is 16.4. The van der Waals surface area contributed by atoms with Crippen molar-refractivity contribution in [3.63, 3.8) is 0 Å². The van der Waals surface area contributed by atoms with Gasteiger partial charge in [-0.05, 0) is 56.7 Å². The van der Waals surface area contributed by atoms with Gasteiger partial charge in [0.25, 0.3) is 0 Å². The van der Waals surface area contributed by atoms with E-state index in [1.165, 1.54) is 6.07 Å². The highest BCUT2D eigenvalue weighted by atomic mass is 19.1. The van der Waals surface area contributed by atoms with E-state index >= 15 is 0 Å².